The standard InChI is InChI=1S/C35H33Cl2N3O3/c36-28-17-9-18-29(37)27(28)21-39(31(20-23-10-3-1-4-11-23)34(42)38-25-14-5-2-6-15-25)32(41)22-40-30-19-8-13-24-12-7-16-26(33(24)30)35(40)43/h1,3-4,7-13,16-19,25,31H,2,5-6,14-15,20-22H2,(H,38,42)/t31-/m0/s1. The molecule has 2 aliphatic rings. The molecule has 43 heavy (non-hydrogen) atoms. The average molecular weight is 615 g/mol. The van der Waals surface area contributed by atoms with Gasteiger partial charge in [0.05, 0.1) is 5.69 Å². The van der Waals surface area contributed by atoms with Crippen LogP contribution in [0, 0.1) is 0 Å². The number of carbonyl (C=O) groups excluding carboxylic acids is 3. The van der Waals surface area contributed by atoms with Crippen molar-refractivity contribution in [3.63, 3.8) is 0 Å². The third-order valence-corrected chi connectivity index (χ3v) is 9.26. The summed E-state index contributed by atoms with van der Waals surface area (Å²) in [5.41, 5.74) is 2.73. The second-order valence-corrected chi connectivity index (χ2v) is 12.2. The van der Waals surface area contributed by atoms with Crippen LogP contribution in [0.5, 0.6) is 0 Å². The fraction of sp³-hybridized carbons (Fsp3) is 0.286. The van der Waals surface area contributed by atoms with Crippen molar-refractivity contribution in [1.29, 1.82) is 0 Å². The second kappa shape index (κ2) is 12.8. The maximum Gasteiger partial charge on any atom is 0.259 e. The van der Waals surface area contributed by atoms with Crippen molar-refractivity contribution >= 4 is 57.4 Å². The fourth-order valence-electron chi connectivity index (χ4n) is 6.31. The molecule has 8 heteroatoms. The first-order valence-electron chi connectivity index (χ1n) is 14.8. The number of nitrogens with one attached hydrogen (secondary N) is 1. The maximum absolute atomic E-state index is 14.4. The molecule has 0 radical (unpaired) electrons. The lowest BCUT2D eigenvalue weighted by Gasteiger charge is -2.34. The molecule has 1 heterocycles. The first-order chi connectivity index (χ1) is 20.9. The lowest BCUT2D eigenvalue weighted by Crippen LogP contribution is -2.54. The van der Waals surface area contributed by atoms with Gasteiger partial charge in [0, 0.05) is 45.6 Å². The van der Waals surface area contributed by atoms with Gasteiger partial charge in [-0.05, 0) is 48.1 Å². The van der Waals surface area contributed by atoms with E-state index in [2.05, 4.69) is 5.32 Å². The van der Waals surface area contributed by atoms with E-state index in [4.69, 9.17) is 23.2 Å². The highest BCUT2D eigenvalue weighted by Crippen LogP contribution is 2.37. The van der Waals surface area contributed by atoms with Crippen molar-refractivity contribution in [2.45, 2.75) is 57.2 Å². The average Bonchev–Trinajstić information content (AvgIpc) is 3.29. The molecule has 1 fully saturated rings. The normalized spacial score (nSPS) is 15.5. The molecule has 1 aliphatic heterocycles. The Kier molecular flexibility index (Phi) is 8.68. The maximum atomic E-state index is 14.4. The molecule has 1 saturated carbocycles. The Morgan fingerprint density at radius 3 is 2.26 bits per heavy atom. The van der Waals surface area contributed by atoms with Gasteiger partial charge in [0.1, 0.15) is 12.6 Å². The molecular weight excluding hydrogens is 581 g/mol. The number of benzene rings is 4. The van der Waals surface area contributed by atoms with E-state index in [0.29, 0.717) is 33.3 Å². The van der Waals surface area contributed by atoms with Gasteiger partial charge in [0.15, 0.2) is 0 Å². The minimum absolute atomic E-state index is 0.0199. The number of carbonyl (C=O) groups is 3. The number of amides is 3. The van der Waals surface area contributed by atoms with E-state index < -0.39 is 6.04 Å². The Labute approximate surface area is 261 Å². The summed E-state index contributed by atoms with van der Waals surface area (Å²) in [4.78, 5) is 45.2. The molecule has 220 valence electrons. The van der Waals surface area contributed by atoms with Crippen molar-refractivity contribution in [3.05, 3.63) is 112 Å². The van der Waals surface area contributed by atoms with Crippen LogP contribution >= 0.6 is 23.2 Å². The highest BCUT2D eigenvalue weighted by atomic mass is 35.5. The van der Waals surface area contributed by atoms with E-state index in [0.717, 1.165) is 48.4 Å². The van der Waals surface area contributed by atoms with E-state index >= 15 is 0 Å². The molecule has 0 spiro atoms. The van der Waals surface area contributed by atoms with Crippen LogP contribution in [0.1, 0.15) is 53.6 Å². The third-order valence-electron chi connectivity index (χ3n) is 8.56. The smallest absolute Gasteiger partial charge is 0.259 e. The van der Waals surface area contributed by atoms with Gasteiger partial charge < -0.3 is 10.2 Å². The Morgan fingerprint density at radius 1 is 0.860 bits per heavy atom. The number of rotatable bonds is 9. The summed E-state index contributed by atoms with van der Waals surface area (Å²) in [7, 11) is 0. The van der Waals surface area contributed by atoms with Crippen molar-refractivity contribution < 1.29 is 14.4 Å². The van der Waals surface area contributed by atoms with Crippen LogP contribution < -0.4 is 10.2 Å². The molecule has 1 aliphatic carbocycles. The van der Waals surface area contributed by atoms with Crippen LogP contribution in [0.25, 0.3) is 10.8 Å². The lowest BCUT2D eigenvalue weighted by molar-refractivity contribution is -0.140. The topological polar surface area (TPSA) is 69.7 Å². The van der Waals surface area contributed by atoms with Gasteiger partial charge in [-0.25, -0.2) is 0 Å². The summed E-state index contributed by atoms with van der Waals surface area (Å²) in [5.74, 6) is -0.818. The van der Waals surface area contributed by atoms with Crippen LogP contribution in [-0.4, -0.2) is 41.2 Å². The van der Waals surface area contributed by atoms with Crippen LogP contribution in [0.15, 0.2) is 84.9 Å². The molecule has 0 unspecified atom stereocenters. The summed E-state index contributed by atoms with van der Waals surface area (Å²) >= 11 is 13.2. The lowest BCUT2D eigenvalue weighted by atomic mass is 9.94. The van der Waals surface area contributed by atoms with Gasteiger partial charge in [-0.3, -0.25) is 19.3 Å². The zero-order valence-electron chi connectivity index (χ0n) is 23.8. The predicted octanol–water partition coefficient (Wildman–Crippen LogP) is 7.20. The molecule has 4 aromatic carbocycles. The molecule has 6 rings (SSSR count). The first-order valence-corrected chi connectivity index (χ1v) is 15.6. The molecule has 1 atom stereocenters. The number of nitrogens with zero attached hydrogens (tertiary/aromatic N) is 2. The first kappa shape index (κ1) is 29.2. The zero-order chi connectivity index (χ0) is 29.9. The zero-order valence-corrected chi connectivity index (χ0v) is 25.3. The highest BCUT2D eigenvalue weighted by molar-refractivity contribution is 6.36. The quantitative estimate of drug-likeness (QED) is 0.217. The van der Waals surface area contributed by atoms with Crippen LogP contribution in [0.2, 0.25) is 10.0 Å². The van der Waals surface area contributed by atoms with E-state index in [1.165, 1.54) is 4.90 Å². The molecule has 1 N–H and O–H groups in total. The second-order valence-electron chi connectivity index (χ2n) is 11.3. The van der Waals surface area contributed by atoms with E-state index in [1.807, 2.05) is 60.7 Å². The van der Waals surface area contributed by atoms with Gasteiger partial charge in [-0.15, -0.1) is 0 Å². The molecule has 0 aromatic heterocycles. The molecule has 0 saturated heterocycles. The largest absolute Gasteiger partial charge is 0.352 e. The molecule has 3 amide bonds. The van der Waals surface area contributed by atoms with Crippen LogP contribution in [0.4, 0.5) is 5.69 Å². The monoisotopic (exact) mass is 613 g/mol. The Balaban J connectivity index is 1.37. The Bertz CT molecular complexity index is 1640. The summed E-state index contributed by atoms with van der Waals surface area (Å²) in [5, 5.41) is 5.83. The van der Waals surface area contributed by atoms with Crippen molar-refractivity contribution in [3.8, 4) is 0 Å². The molecule has 4 aromatic rings. The van der Waals surface area contributed by atoms with E-state index in [1.54, 1.807) is 29.2 Å². The summed E-state index contributed by atoms with van der Waals surface area (Å²) in [6.45, 7) is -0.206. The van der Waals surface area contributed by atoms with Crippen molar-refractivity contribution in [1.82, 2.24) is 10.2 Å². The van der Waals surface area contributed by atoms with Crippen LogP contribution in [0.3, 0.4) is 0 Å². The van der Waals surface area contributed by atoms with Crippen molar-refractivity contribution in [2.24, 2.45) is 0 Å². The minimum Gasteiger partial charge on any atom is -0.352 e. The van der Waals surface area contributed by atoms with Gasteiger partial charge in [-0.2, -0.15) is 0 Å². The van der Waals surface area contributed by atoms with Gasteiger partial charge in [0.25, 0.3) is 5.91 Å². The Hall–Kier alpha value is -3.87. The molecule has 6 nitrogen and oxygen atoms in total. The predicted molar refractivity (Wildman–Crippen MR) is 172 cm³/mol. The fourth-order valence-corrected chi connectivity index (χ4v) is 6.83. The molecule has 0 bridgehead atoms. The molecular formula is C35H33Cl2N3O3. The van der Waals surface area contributed by atoms with E-state index in [-0.39, 0.29) is 36.9 Å². The summed E-state index contributed by atoms with van der Waals surface area (Å²) in [6.07, 6.45) is 5.42. The SMILES string of the molecule is O=C(NC1CCCCC1)[C@H](Cc1ccccc1)N(Cc1c(Cl)cccc1Cl)C(=O)CN1C(=O)c2cccc3cccc1c23. The van der Waals surface area contributed by atoms with Crippen LogP contribution in [-0.2, 0) is 22.6 Å². The van der Waals surface area contributed by atoms with Gasteiger partial charge >= 0.3 is 0 Å². The van der Waals surface area contributed by atoms with Gasteiger partial charge in [0.2, 0.25) is 11.8 Å². The number of anilines is 1. The van der Waals surface area contributed by atoms with Gasteiger partial charge in [-0.1, -0.05) is 103 Å². The summed E-state index contributed by atoms with van der Waals surface area (Å²) in [6, 6.07) is 25.4. The number of hydrogen-bond donors (Lipinski definition) is 1. The highest BCUT2D eigenvalue weighted by Gasteiger charge is 2.37. The van der Waals surface area contributed by atoms with E-state index in [9.17, 15) is 14.4 Å². The number of halogens is 2. The number of hydrogen-bond acceptors (Lipinski definition) is 3. The van der Waals surface area contributed by atoms with Crippen molar-refractivity contribution in [2.75, 3.05) is 11.4 Å². The Morgan fingerprint density at radius 2 is 1.53 bits per heavy atom. The minimum atomic E-state index is -0.847. The third kappa shape index (κ3) is 6.13. The summed E-state index contributed by atoms with van der Waals surface area (Å²) < 4.78 is 0.